The zero-order valence-corrected chi connectivity index (χ0v) is 12.9. The van der Waals surface area contributed by atoms with Crippen molar-refractivity contribution < 1.29 is 4.74 Å². The topological polar surface area (TPSA) is 51.5 Å². The molecule has 0 bridgehead atoms. The molecule has 114 valence electrons. The molecule has 0 amide bonds. The molecular weight excluding hydrogens is 264 g/mol. The van der Waals surface area contributed by atoms with Crippen LogP contribution in [0.15, 0.2) is 18.6 Å². The molecule has 0 radical (unpaired) electrons. The molecule has 0 aliphatic heterocycles. The Hall–Kier alpha value is -1.78. The van der Waals surface area contributed by atoms with Gasteiger partial charge in [-0.25, -0.2) is 4.98 Å². The second kappa shape index (κ2) is 6.33. The van der Waals surface area contributed by atoms with E-state index in [0.717, 1.165) is 43.2 Å². The summed E-state index contributed by atoms with van der Waals surface area (Å²) in [6, 6.07) is 0. The highest BCUT2D eigenvalue weighted by atomic mass is 16.5. The first-order chi connectivity index (χ1) is 10.3. The number of nitrogens with one attached hydrogen (secondary N) is 1. The van der Waals surface area contributed by atoms with Crippen LogP contribution < -0.4 is 10.1 Å². The van der Waals surface area contributed by atoms with Crippen molar-refractivity contribution in [1.82, 2.24) is 14.4 Å². The average molecular weight is 288 g/mol. The Labute approximate surface area is 125 Å². The van der Waals surface area contributed by atoms with Gasteiger partial charge in [0.15, 0.2) is 0 Å². The lowest BCUT2D eigenvalue weighted by Gasteiger charge is -2.27. The number of hydrogen-bond donors (Lipinski definition) is 1. The Morgan fingerprint density at radius 3 is 3.14 bits per heavy atom. The fourth-order valence-electron chi connectivity index (χ4n) is 2.96. The lowest BCUT2D eigenvalue weighted by molar-refractivity contribution is 0.125. The standard InChI is InChI=1S/C16H24N4O/c1-3-7-17-14-11-20-9-8-18-15(20)16(19-14)21-13-6-4-5-12(2)10-13/h8-9,11-13,17H,3-7,10H2,1-2H3. The lowest BCUT2D eigenvalue weighted by Crippen LogP contribution is -2.25. The quantitative estimate of drug-likeness (QED) is 0.914. The molecule has 1 N–H and O–H groups in total. The van der Waals surface area contributed by atoms with E-state index in [1.54, 1.807) is 6.20 Å². The predicted octanol–water partition coefficient (Wildman–Crippen LogP) is 3.51. The molecule has 1 aliphatic carbocycles. The van der Waals surface area contributed by atoms with Crippen molar-refractivity contribution in [3.63, 3.8) is 0 Å². The Morgan fingerprint density at radius 2 is 2.33 bits per heavy atom. The number of hydrogen-bond acceptors (Lipinski definition) is 4. The average Bonchev–Trinajstić information content (AvgIpc) is 2.94. The highest BCUT2D eigenvalue weighted by Gasteiger charge is 2.22. The van der Waals surface area contributed by atoms with Crippen molar-refractivity contribution in [2.45, 2.75) is 52.1 Å². The first kappa shape index (κ1) is 14.2. The highest BCUT2D eigenvalue weighted by Crippen LogP contribution is 2.28. The van der Waals surface area contributed by atoms with E-state index in [2.05, 4.69) is 29.1 Å². The fourth-order valence-corrected chi connectivity index (χ4v) is 2.96. The number of anilines is 1. The van der Waals surface area contributed by atoms with Crippen molar-refractivity contribution in [3.05, 3.63) is 18.6 Å². The maximum Gasteiger partial charge on any atom is 0.260 e. The molecule has 3 rings (SSSR count). The van der Waals surface area contributed by atoms with E-state index in [4.69, 9.17) is 4.74 Å². The van der Waals surface area contributed by atoms with Crippen LogP contribution in [0.4, 0.5) is 5.82 Å². The van der Waals surface area contributed by atoms with Gasteiger partial charge in [-0.05, 0) is 31.6 Å². The molecule has 21 heavy (non-hydrogen) atoms. The summed E-state index contributed by atoms with van der Waals surface area (Å²) in [5, 5.41) is 3.32. The maximum atomic E-state index is 6.18. The molecule has 5 nitrogen and oxygen atoms in total. The molecule has 2 aromatic heterocycles. The normalized spacial score (nSPS) is 22.4. The van der Waals surface area contributed by atoms with Crippen molar-refractivity contribution in [3.8, 4) is 5.88 Å². The van der Waals surface area contributed by atoms with Crippen LogP contribution in [0.3, 0.4) is 0 Å². The van der Waals surface area contributed by atoms with Gasteiger partial charge < -0.3 is 10.1 Å². The molecule has 1 fully saturated rings. The van der Waals surface area contributed by atoms with E-state index < -0.39 is 0 Å². The van der Waals surface area contributed by atoms with Gasteiger partial charge in [0, 0.05) is 18.9 Å². The van der Waals surface area contributed by atoms with Crippen LogP contribution in [0.25, 0.3) is 5.65 Å². The van der Waals surface area contributed by atoms with E-state index >= 15 is 0 Å². The summed E-state index contributed by atoms with van der Waals surface area (Å²) in [5.41, 5.74) is 0.801. The van der Waals surface area contributed by atoms with Crippen LogP contribution in [-0.2, 0) is 0 Å². The summed E-state index contributed by atoms with van der Waals surface area (Å²) < 4.78 is 8.16. The summed E-state index contributed by atoms with van der Waals surface area (Å²) >= 11 is 0. The largest absolute Gasteiger partial charge is 0.472 e. The summed E-state index contributed by atoms with van der Waals surface area (Å²) in [6.45, 7) is 5.35. The molecule has 0 saturated heterocycles. The van der Waals surface area contributed by atoms with Gasteiger partial charge in [-0.3, -0.25) is 4.40 Å². The van der Waals surface area contributed by atoms with Crippen molar-refractivity contribution in [2.24, 2.45) is 5.92 Å². The molecule has 2 aromatic rings. The molecule has 2 atom stereocenters. The van der Waals surface area contributed by atoms with Gasteiger partial charge in [0.25, 0.3) is 5.88 Å². The third-order valence-corrected chi connectivity index (χ3v) is 4.07. The summed E-state index contributed by atoms with van der Waals surface area (Å²) in [7, 11) is 0. The van der Waals surface area contributed by atoms with Crippen LogP contribution in [-0.4, -0.2) is 27.0 Å². The number of aromatic nitrogens is 3. The molecule has 0 spiro atoms. The van der Waals surface area contributed by atoms with Crippen LogP contribution in [0.2, 0.25) is 0 Å². The third kappa shape index (κ3) is 3.28. The van der Waals surface area contributed by atoms with E-state index in [1.165, 1.54) is 12.8 Å². The minimum atomic E-state index is 0.267. The Balaban J connectivity index is 1.83. The highest BCUT2D eigenvalue weighted by molar-refractivity contribution is 5.53. The number of ether oxygens (including phenoxy) is 1. The van der Waals surface area contributed by atoms with Crippen molar-refractivity contribution >= 4 is 11.5 Å². The van der Waals surface area contributed by atoms with E-state index in [9.17, 15) is 0 Å². The third-order valence-electron chi connectivity index (χ3n) is 4.07. The molecule has 5 heteroatoms. The van der Waals surface area contributed by atoms with Gasteiger partial charge in [0.05, 0.1) is 6.20 Å². The summed E-state index contributed by atoms with van der Waals surface area (Å²) in [6.07, 6.45) is 11.8. The van der Waals surface area contributed by atoms with Crippen molar-refractivity contribution in [2.75, 3.05) is 11.9 Å². The van der Waals surface area contributed by atoms with Crippen LogP contribution in [0, 0.1) is 5.92 Å². The zero-order chi connectivity index (χ0) is 14.7. The van der Waals surface area contributed by atoms with Crippen LogP contribution in [0.1, 0.15) is 46.0 Å². The number of imidazole rings is 1. The molecule has 2 unspecified atom stereocenters. The number of nitrogens with zero attached hydrogens (tertiary/aromatic N) is 3. The Morgan fingerprint density at radius 1 is 1.43 bits per heavy atom. The predicted molar refractivity (Wildman–Crippen MR) is 83.8 cm³/mol. The Bertz CT molecular complexity index is 595. The molecule has 0 aromatic carbocycles. The minimum Gasteiger partial charge on any atom is -0.472 e. The van der Waals surface area contributed by atoms with Crippen LogP contribution >= 0.6 is 0 Å². The monoisotopic (exact) mass is 288 g/mol. The number of fused-ring (bicyclic) bond motifs is 1. The summed E-state index contributed by atoms with van der Waals surface area (Å²) in [5.74, 6) is 2.24. The van der Waals surface area contributed by atoms with E-state index in [0.29, 0.717) is 5.88 Å². The van der Waals surface area contributed by atoms with Crippen LogP contribution in [0.5, 0.6) is 5.88 Å². The van der Waals surface area contributed by atoms with Gasteiger partial charge in [-0.2, -0.15) is 4.98 Å². The van der Waals surface area contributed by atoms with E-state index in [1.807, 2.05) is 16.8 Å². The molecular formula is C16H24N4O. The second-order valence-electron chi connectivity index (χ2n) is 6.03. The molecule has 1 aliphatic rings. The van der Waals surface area contributed by atoms with Gasteiger partial charge in [-0.15, -0.1) is 0 Å². The number of rotatable bonds is 5. The van der Waals surface area contributed by atoms with Gasteiger partial charge in [-0.1, -0.05) is 20.3 Å². The molecule has 1 saturated carbocycles. The SMILES string of the molecule is CCCNc1cn2ccnc2c(OC2CCCC(C)C2)n1. The second-order valence-corrected chi connectivity index (χ2v) is 6.03. The lowest BCUT2D eigenvalue weighted by atomic mass is 9.89. The first-order valence-electron chi connectivity index (χ1n) is 8.00. The van der Waals surface area contributed by atoms with Gasteiger partial charge in [0.1, 0.15) is 11.9 Å². The summed E-state index contributed by atoms with van der Waals surface area (Å²) in [4.78, 5) is 8.99. The van der Waals surface area contributed by atoms with Gasteiger partial charge in [0.2, 0.25) is 5.65 Å². The smallest absolute Gasteiger partial charge is 0.260 e. The fraction of sp³-hybridized carbons (Fsp3) is 0.625. The van der Waals surface area contributed by atoms with E-state index in [-0.39, 0.29) is 6.10 Å². The molecule has 2 heterocycles. The first-order valence-corrected chi connectivity index (χ1v) is 8.00. The minimum absolute atomic E-state index is 0.267. The Kier molecular flexibility index (Phi) is 4.27. The van der Waals surface area contributed by atoms with Gasteiger partial charge >= 0.3 is 0 Å². The zero-order valence-electron chi connectivity index (χ0n) is 12.9. The van der Waals surface area contributed by atoms with Crippen molar-refractivity contribution in [1.29, 1.82) is 0 Å². The maximum absolute atomic E-state index is 6.18.